The van der Waals surface area contributed by atoms with Crippen LogP contribution in [0.15, 0.2) is 35.1 Å². The van der Waals surface area contributed by atoms with Gasteiger partial charge in [0, 0.05) is 17.2 Å². The fraction of sp³-hybridized carbons (Fsp3) is 0.0833. The summed E-state index contributed by atoms with van der Waals surface area (Å²) in [6, 6.07) is 6.94. The molecule has 19 heavy (non-hydrogen) atoms. The van der Waals surface area contributed by atoms with Gasteiger partial charge in [-0.05, 0) is 24.3 Å². The number of nitrogens with zero attached hydrogens (tertiary/aromatic N) is 2. The van der Waals surface area contributed by atoms with E-state index in [9.17, 15) is 9.59 Å². The maximum atomic E-state index is 12.0. The molecule has 2 N–H and O–H groups in total. The van der Waals surface area contributed by atoms with Gasteiger partial charge in [-0.3, -0.25) is 4.79 Å². The number of carbonyl (C=O) groups excluding carboxylic acids is 1. The molecule has 1 aromatic heterocycles. The van der Waals surface area contributed by atoms with Gasteiger partial charge in [-0.15, -0.1) is 0 Å². The van der Waals surface area contributed by atoms with Crippen molar-refractivity contribution in [1.29, 1.82) is 0 Å². The molecule has 6 nitrogen and oxygen atoms in total. The number of rotatable bonds is 3. The van der Waals surface area contributed by atoms with Crippen molar-refractivity contribution in [2.24, 2.45) is 7.05 Å². The van der Waals surface area contributed by atoms with Gasteiger partial charge in [0.05, 0.1) is 6.33 Å². The number of amides is 1. The third-order valence-corrected chi connectivity index (χ3v) is 2.99. The summed E-state index contributed by atoms with van der Waals surface area (Å²) >= 11 is 3.28. The molecular weight excluding hydrogens is 314 g/mol. The van der Waals surface area contributed by atoms with Crippen molar-refractivity contribution in [3.05, 3.63) is 46.5 Å². The van der Waals surface area contributed by atoms with Gasteiger partial charge in [0.25, 0.3) is 5.91 Å². The fourth-order valence-corrected chi connectivity index (χ4v) is 1.84. The number of aryl methyl sites for hydroxylation is 1. The molecule has 0 aliphatic rings. The van der Waals surface area contributed by atoms with E-state index in [1.165, 1.54) is 17.9 Å². The third-order valence-electron chi connectivity index (χ3n) is 2.46. The molecule has 0 saturated heterocycles. The minimum Gasteiger partial charge on any atom is -0.477 e. The van der Waals surface area contributed by atoms with Crippen LogP contribution in [0.1, 0.15) is 21.0 Å². The van der Waals surface area contributed by atoms with Crippen molar-refractivity contribution in [2.75, 3.05) is 5.32 Å². The Labute approximate surface area is 117 Å². The zero-order chi connectivity index (χ0) is 14.0. The van der Waals surface area contributed by atoms with Crippen molar-refractivity contribution in [2.45, 2.75) is 0 Å². The molecule has 1 amide bonds. The van der Waals surface area contributed by atoms with Crippen LogP contribution in [0.3, 0.4) is 0 Å². The van der Waals surface area contributed by atoms with Crippen molar-refractivity contribution in [1.82, 2.24) is 9.55 Å². The van der Waals surface area contributed by atoms with E-state index in [-0.39, 0.29) is 11.4 Å². The second kappa shape index (κ2) is 5.23. The molecular formula is C12H10BrN3O3. The van der Waals surface area contributed by atoms with Gasteiger partial charge in [0.2, 0.25) is 0 Å². The van der Waals surface area contributed by atoms with E-state index in [1.807, 2.05) is 0 Å². The molecule has 2 aromatic rings. The molecule has 0 fully saturated rings. The Balaban J connectivity index is 2.25. The van der Waals surface area contributed by atoms with E-state index in [0.717, 1.165) is 4.47 Å². The highest BCUT2D eigenvalue weighted by molar-refractivity contribution is 9.10. The molecule has 2 rings (SSSR count). The van der Waals surface area contributed by atoms with Crippen molar-refractivity contribution in [3.8, 4) is 0 Å². The van der Waals surface area contributed by atoms with Gasteiger partial charge in [0.1, 0.15) is 0 Å². The Morgan fingerprint density at radius 3 is 2.53 bits per heavy atom. The number of carboxylic acids is 1. The van der Waals surface area contributed by atoms with Gasteiger partial charge in [-0.25, -0.2) is 9.78 Å². The number of anilines is 1. The highest BCUT2D eigenvalue weighted by Gasteiger charge is 2.21. The second-order valence-corrected chi connectivity index (χ2v) is 4.73. The lowest BCUT2D eigenvalue weighted by molar-refractivity contribution is 0.0682. The first kappa shape index (κ1) is 13.3. The normalized spacial score (nSPS) is 10.2. The zero-order valence-electron chi connectivity index (χ0n) is 9.92. The summed E-state index contributed by atoms with van der Waals surface area (Å²) in [4.78, 5) is 26.8. The Morgan fingerprint density at radius 1 is 1.32 bits per heavy atom. The lowest BCUT2D eigenvalue weighted by Gasteiger charge is -2.04. The van der Waals surface area contributed by atoms with E-state index < -0.39 is 11.9 Å². The Morgan fingerprint density at radius 2 is 1.95 bits per heavy atom. The lowest BCUT2D eigenvalue weighted by atomic mass is 10.2. The summed E-state index contributed by atoms with van der Waals surface area (Å²) in [5, 5.41) is 11.6. The molecule has 0 unspecified atom stereocenters. The number of carboxylic acid groups (broad SMARTS) is 1. The number of aromatic carboxylic acids is 1. The minimum atomic E-state index is -1.19. The van der Waals surface area contributed by atoms with Crippen LogP contribution in [0, 0.1) is 0 Å². The summed E-state index contributed by atoms with van der Waals surface area (Å²) < 4.78 is 2.17. The van der Waals surface area contributed by atoms with Gasteiger partial charge in [-0.2, -0.15) is 0 Å². The smallest absolute Gasteiger partial charge is 0.355 e. The second-order valence-electron chi connectivity index (χ2n) is 3.82. The summed E-state index contributed by atoms with van der Waals surface area (Å²) in [6.07, 6.45) is 1.29. The summed E-state index contributed by atoms with van der Waals surface area (Å²) in [7, 11) is 1.52. The Bertz CT molecular complexity index is 634. The van der Waals surface area contributed by atoms with Crippen LogP contribution >= 0.6 is 15.9 Å². The predicted molar refractivity (Wildman–Crippen MR) is 72.3 cm³/mol. The zero-order valence-corrected chi connectivity index (χ0v) is 11.5. The van der Waals surface area contributed by atoms with Crippen LogP contribution in [-0.2, 0) is 7.05 Å². The summed E-state index contributed by atoms with van der Waals surface area (Å²) in [6.45, 7) is 0. The third kappa shape index (κ3) is 2.82. The van der Waals surface area contributed by atoms with Gasteiger partial charge < -0.3 is 15.0 Å². The van der Waals surface area contributed by atoms with Crippen LogP contribution < -0.4 is 5.32 Å². The number of carbonyl (C=O) groups is 2. The van der Waals surface area contributed by atoms with Gasteiger partial charge in [-0.1, -0.05) is 15.9 Å². The van der Waals surface area contributed by atoms with Crippen molar-refractivity contribution in [3.63, 3.8) is 0 Å². The lowest BCUT2D eigenvalue weighted by Crippen LogP contribution is -2.17. The number of halogens is 1. The Kier molecular flexibility index (Phi) is 3.66. The average Bonchev–Trinajstić information content (AvgIpc) is 2.74. The molecule has 0 radical (unpaired) electrons. The van der Waals surface area contributed by atoms with Crippen LogP contribution in [0.25, 0.3) is 0 Å². The SMILES string of the molecule is Cn1cnc(C(=O)Nc2ccc(Br)cc2)c1C(=O)O. The molecule has 0 spiro atoms. The molecule has 1 heterocycles. The summed E-state index contributed by atoms with van der Waals surface area (Å²) in [5.74, 6) is -1.75. The maximum Gasteiger partial charge on any atom is 0.355 e. The number of benzene rings is 1. The number of nitrogens with one attached hydrogen (secondary N) is 1. The predicted octanol–water partition coefficient (Wildman–Crippen LogP) is 2.13. The topological polar surface area (TPSA) is 84.2 Å². The largest absolute Gasteiger partial charge is 0.477 e. The number of hydrogen-bond donors (Lipinski definition) is 2. The van der Waals surface area contributed by atoms with Crippen LogP contribution in [0.2, 0.25) is 0 Å². The maximum absolute atomic E-state index is 12.0. The molecule has 0 atom stereocenters. The fourth-order valence-electron chi connectivity index (χ4n) is 1.57. The van der Waals surface area contributed by atoms with Crippen molar-refractivity contribution >= 4 is 33.5 Å². The van der Waals surface area contributed by atoms with E-state index in [1.54, 1.807) is 24.3 Å². The molecule has 0 bridgehead atoms. The van der Waals surface area contributed by atoms with Crippen molar-refractivity contribution < 1.29 is 14.7 Å². The first-order valence-electron chi connectivity index (χ1n) is 5.30. The Hall–Kier alpha value is -2.15. The van der Waals surface area contributed by atoms with E-state index in [2.05, 4.69) is 26.2 Å². The standard InChI is InChI=1S/C12H10BrN3O3/c1-16-6-14-9(10(16)12(18)19)11(17)15-8-4-2-7(13)3-5-8/h2-6H,1H3,(H,15,17)(H,18,19). The molecule has 0 saturated carbocycles. The minimum absolute atomic E-state index is 0.113. The highest BCUT2D eigenvalue weighted by Crippen LogP contribution is 2.15. The average molecular weight is 324 g/mol. The van der Waals surface area contributed by atoms with Gasteiger partial charge in [0.15, 0.2) is 11.4 Å². The van der Waals surface area contributed by atoms with E-state index >= 15 is 0 Å². The summed E-state index contributed by atoms with van der Waals surface area (Å²) in [5.41, 5.74) is 0.308. The van der Waals surface area contributed by atoms with E-state index in [0.29, 0.717) is 5.69 Å². The molecule has 98 valence electrons. The van der Waals surface area contributed by atoms with Crippen LogP contribution in [0.4, 0.5) is 5.69 Å². The monoisotopic (exact) mass is 323 g/mol. The van der Waals surface area contributed by atoms with E-state index in [4.69, 9.17) is 5.11 Å². The molecule has 7 heteroatoms. The number of imidazole rings is 1. The number of aromatic nitrogens is 2. The van der Waals surface area contributed by atoms with Crippen LogP contribution in [-0.4, -0.2) is 26.5 Å². The quantitative estimate of drug-likeness (QED) is 0.906. The number of hydrogen-bond acceptors (Lipinski definition) is 3. The molecule has 0 aliphatic carbocycles. The molecule has 1 aromatic carbocycles. The first-order valence-corrected chi connectivity index (χ1v) is 6.10. The first-order chi connectivity index (χ1) is 8.99. The highest BCUT2D eigenvalue weighted by atomic mass is 79.9. The molecule has 0 aliphatic heterocycles. The van der Waals surface area contributed by atoms with Gasteiger partial charge >= 0.3 is 5.97 Å². The van der Waals surface area contributed by atoms with Crippen LogP contribution in [0.5, 0.6) is 0 Å².